The van der Waals surface area contributed by atoms with Crippen molar-refractivity contribution in [2.24, 2.45) is 9.98 Å². The van der Waals surface area contributed by atoms with E-state index in [2.05, 4.69) is 20.0 Å². The number of hydrogen-bond donors (Lipinski definition) is 0. The van der Waals surface area contributed by atoms with Crippen LogP contribution in [0.4, 0.5) is 0 Å². The van der Waals surface area contributed by atoms with Crippen molar-refractivity contribution in [2.45, 2.75) is 0 Å². The van der Waals surface area contributed by atoms with Gasteiger partial charge in [-0.15, -0.1) is 0 Å². The Balaban J connectivity index is 1.69. The minimum absolute atomic E-state index is 0.497. The van der Waals surface area contributed by atoms with Gasteiger partial charge in [0, 0.05) is 0 Å². The highest BCUT2D eigenvalue weighted by atomic mass is 16.3. The second kappa shape index (κ2) is 5.59. The number of nitrogens with zero attached hydrogens (tertiary/aromatic N) is 4. The highest BCUT2D eigenvalue weighted by Gasteiger charge is 1.90. The molecular weight excluding hydrogens is 208 g/mol. The third-order valence-corrected chi connectivity index (χ3v) is 1.66. The van der Waals surface area contributed by atoms with E-state index in [1.54, 1.807) is 24.8 Å². The maximum atomic E-state index is 4.98. The van der Waals surface area contributed by atoms with Crippen LogP contribution in [0.5, 0.6) is 0 Å². The lowest BCUT2D eigenvalue weighted by Gasteiger charge is -1.86. The van der Waals surface area contributed by atoms with E-state index in [-0.39, 0.29) is 0 Å². The second-order valence-electron chi connectivity index (χ2n) is 2.81. The summed E-state index contributed by atoms with van der Waals surface area (Å²) in [5, 5.41) is 0. The molecule has 0 atom stereocenters. The smallest absolute Gasteiger partial charge is 0.236 e. The summed E-state index contributed by atoms with van der Waals surface area (Å²) in [7, 11) is 0. The molecule has 0 saturated heterocycles. The van der Waals surface area contributed by atoms with Crippen molar-refractivity contribution >= 4 is 12.4 Å². The van der Waals surface area contributed by atoms with Crippen molar-refractivity contribution in [3.05, 3.63) is 36.7 Å². The number of rotatable bonds is 5. The van der Waals surface area contributed by atoms with Crippen LogP contribution in [0.1, 0.15) is 11.8 Å². The summed E-state index contributed by atoms with van der Waals surface area (Å²) >= 11 is 0. The van der Waals surface area contributed by atoms with Crippen LogP contribution in [0.25, 0.3) is 0 Å². The molecule has 0 amide bonds. The van der Waals surface area contributed by atoms with E-state index in [1.165, 1.54) is 12.5 Å². The zero-order valence-electron chi connectivity index (χ0n) is 8.48. The molecule has 0 radical (unpaired) electrons. The fourth-order valence-corrected chi connectivity index (χ4v) is 0.997. The largest absolute Gasteiger partial charge is 0.444 e. The predicted molar refractivity (Wildman–Crippen MR) is 57.9 cm³/mol. The Morgan fingerprint density at radius 2 is 1.44 bits per heavy atom. The molecule has 0 aromatic carbocycles. The van der Waals surface area contributed by atoms with Crippen LogP contribution in [0.15, 0.2) is 43.7 Å². The lowest BCUT2D eigenvalue weighted by Crippen LogP contribution is -1.90. The van der Waals surface area contributed by atoms with Gasteiger partial charge < -0.3 is 8.83 Å². The first-order valence-electron chi connectivity index (χ1n) is 4.74. The highest BCUT2D eigenvalue weighted by molar-refractivity contribution is 5.73. The summed E-state index contributed by atoms with van der Waals surface area (Å²) in [6, 6.07) is 0. The Hall–Kier alpha value is -2.24. The molecule has 16 heavy (non-hydrogen) atoms. The van der Waals surface area contributed by atoms with Gasteiger partial charge >= 0.3 is 0 Å². The van der Waals surface area contributed by atoms with E-state index in [0.29, 0.717) is 24.9 Å². The molecule has 0 unspecified atom stereocenters. The number of oxazole rings is 2. The van der Waals surface area contributed by atoms with Crippen molar-refractivity contribution in [1.82, 2.24) is 9.97 Å². The molecule has 2 aromatic heterocycles. The lowest BCUT2D eigenvalue weighted by molar-refractivity contribution is 0.549. The summed E-state index contributed by atoms with van der Waals surface area (Å²) < 4.78 is 9.95. The summed E-state index contributed by atoms with van der Waals surface area (Å²) in [6.45, 7) is 1.14. The highest BCUT2D eigenvalue weighted by Crippen LogP contribution is 1.90. The standard InChI is InChI=1S/C10H10N4O2/c1(11-7-9-13-3-5-15-9)2-12-8-10-14-4-6-16-10/h3-8H,1-2H2/b11-7+,12-8+. The van der Waals surface area contributed by atoms with Gasteiger partial charge in [0.1, 0.15) is 12.5 Å². The molecule has 0 N–H and O–H groups in total. The second-order valence-corrected chi connectivity index (χ2v) is 2.81. The van der Waals surface area contributed by atoms with Gasteiger partial charge in [-0.05, 0) is 0 Å². The fourth-order valence-electron chi connectivity index (χ4n) is 0.997. The average molecular weight is 218 g/mol. The third-order valence-electron chi connectivity index (χ3n) is 1.66. The van der Waals surface area contributed by atoms with Crippen LogP contribution >= 0.6 is 0 Å². The monoisotopic (exact) mass is 218 g/mol. The molecule has 82 valence electrons. The number of aromatic nitrogens is 2. The fraction of sp³-hybridized carbons (Fsp3) is 0.200. The molecule has 2 aromatic rings. The SMILES string of the molecule is C(=N\CC/N=C/c1ncco1)/c1ncco1. The number of aliphatic imine (C=N–C) groups is 2. The molecule has 0 spiro atoms. The first-order chi connectivity index (χ1) is 7.95. The molecule has 2 rings (SSSR count). The first-order valence-corrected chi connectivity index (χ1v) is 4.74. The van der Waals surface area contributed by atoms with Gasteiger partial charge in [0.05, 0.1) is 37.9 Å². The Bertz CT molecular complexity index is 401. The molecule has 0 aliphatic carbocycles. The first kappa shape index (κ1) is 10.3. The van der Waals surface area contributed by atoms with Crippen molar-refractivity contribution < 1.29 is 8.83 Å². The molecule has 0 aliphatic heterocycles. The van der Waals surface area contributed by atoms with Gasteiger partial charge in [-0.2, -0.15) is 0 Å². The van der Waals surface area contributed by atoms with Crippen LogP contribution < -0.4 is 0 Å². The van der Waals surface area contributed by atoms with Crippen molar-refractivity contribution in [1.29, 1.82) is 0 Å². The van der Waals surface area contributed by atoms with Gasteiger partial charge in [0.25, 0.3) is 0 Å². The Kier molecular flexibility index (Phi) is 3.60. The minimum Gasteiger partial charge on any atom is -0.444 e. The Labute approximate surface area is 91.8 Å². The van der Waals surface area contributed by atoms with Crippen molar-refractivity contribution in [3.63, 3.8) is 0 Å². The average Bonchev–Trinajstić information content (AvgIpc) is 2.96. The topological polar surface area (TPSA) is 76.8 Å². The summed E-state index contributed by atoms with van der Waals surface area (Å²) in [5.74, 6) is 0.994. The third kappa shape index (κ3) is 3.16. The van der Waals surface area contributed by atoms with Gasteiger partial charge in [-0.25, -0.2) is 9.97 Å². The van der Waals surface area contributed by atoms with Crippen LogP contribution in [0.2, 0.25) is 0 Å². The van der Waals surface area contributed by atoms with Crippen LogP contribution in [-0.2, 0) is 0 Å². The molecular formula is C10H10N4O2. The lowest BCUT2D eigenvalue weighted by atomic mass is 10.6. The van der Waals surface area contributed by atoms with Gasteiger partial charge in [0.2, 0.25) is 11.8 Å². The normalized spacial score (nSPS) is 11.8. The quantitative estimate of drug-likeness (QED) is 0.558. The molecule has 6 heteroatoms. The predicted octanol–water partition coefficient (Wildman–Crippen LogP) is 1.20. The number of hydrogen-bond acceptors (Lipinski definition) is 6. The maximum absolute atomic E-state index is 4.98. The Morgan fingerprint density at radius 3 is 1.81 bits per heavy atom. The Morgan fingerprint density at radius 1 is 0.938 bits per heavy atom. The molecule has 0 aliphatic rings. The molecule has 0 saturated carbocycles. The van der Waals surface area contributed by atoms with Crippen LogP contribution in [-0.4, -0.2) is 35.5 Å². The summed E-state index contributed by atoms with van der Waals surface area (Å²) in [5.41, 5.74) is 0. The minimum atomic E-state index is 0.497. The molecule has 6 nitrogen and oxygen atoms in total. The van der Waals surface area contributed by atoms with Crippen LogP contribution in [0.3, 0.4) is 0 Å². The zero-order chi connectivity index (χ0) is 11.1. The van der Waals surface area contributed by atoms with E-state index >= 15 is 0 Å². The van der Waals surface area contributed by atoms with Crippen molar-refractivity contribution in [2.75, 3.05) is 13.1 Å². The van der Waals surface area contributed by atoms with E-state index in [9.17, 15) is 0 Å². The van der Waals surface area contributed by atoms with E-state index < -0.39 is 0 Å². The van der Waals surface area contributed by atoms with Gasteiger partial charge in [-0.1, -0.05) is 0 Å². The van der Waals surface area contributed by atoms with E-state index in [0.717, 1.165) is 0 Å². The van der Waals surface area contributed by atoms with E-state index in [1.807, 2.05) is 0 Å². The van der Waals surface area contributed by atoms with E-state index in [4.69, 9.17) is 8.83 Å². The molecule has 0 fully saturated rings. The van der Waals surface area contributed by atoms with Crippen LogP contribution in [0, 0.1) is 0 Å². The molecule has 0 bridgehead atoms. The summed E-state index contributed by atoms with van der Waals surface area (Å²) in [6.07, 6.45) is 9.29. The zero-order valence-corrected chi connectivity index (χ0v) is 8.48. The maximum Gasteiger partial charge on any atom is 0.236 e. The van der Waals surface area contributed by atoms with Crippen molar-refractivity contribution in [3.8, 4) is 0 Å². The van der Waals surface area contributed by atoms with Gasteiger partial charge in [-0.3, -0.25) is 9.98 Å². The summed E-state index contributed by atoms with van der Waals surface area (Å²) in [4.78, 5) is 16.0. The van der Waals surface area contributed by atoms with Gasteiger partial charge in [0.15, 0.2) is 0 Å². The molecule has 2 heterocycles.